The zero-order chi connectivity index (χ0) is 29.4. The van der Waals surface area contributed by atoms with Gasteiger partial charge in [-0.3, -0.25) is 9.59 Å². The van der Waals surface area contributed by atoms with Crippen molar-refractivity contribution in [3.8, 4) is 11.5 Å². The molecule has 10 nitrogen and oxygen atoms in total. The molecule has 40 heavy (non-hydrogen) atoms. The maximum absolute atomic E-state index is 13.2. The molecule has 1 aliphatic heterocycles. The third-order valence-corrected chi connectivity index (χ3v) is 6.69. The molecule has 3 rings (SSSR count). The molecule has 1 aliphatic rings. The highest BCUT2D eigenvalue weighted by molar-refractivity contribution is 6.35. The molecule has 0 radical (unpaired) electrons. The van der Waals surface area contributed by atoms with E-state index in [4.69, 9.17) is 46.9 Å². The van der Waals surface area contributed by atoms with E-state index in [1.54, 1.807) is 19.1 Å². The Balaban J connectivity index is 1.84. The van der Waals surface area contributed by atoms with Crippen LogP contribution in [0.25, 0.3) is 0 Å². The van der Waals surface area contributed by atoms with Crippen molar-refractivity contribution < 1.29 is 38.1 Å². The summed E-state index contributed by atoms with van der Waals surface area (Å²) >= 11 is 12.5. The monoisotopic (exact) mass is 596 g/mol. The molecular formula is C28H34Cl2N2O8. The number of aromatic nitrogens is 1. The predicted molar refractivity (Wildman–Crippen MR) is 148 cm³/mol. The molecule has 1 amide bonds. The second-order valence-electron chi connectivity index (χ2n) is 9.88. The van der Waals surface area contributed by atoms with Crippen molar-refractivity contribution >= 4 is 41.0 Å². The molecule has 0 bridgehead atoms. The average molecular weight is 597 g/mol. The first-order chi connectivity index (χ1) is 19.0. The summed E-state index contributed by atoms with van der Waals surface area (Å²) in [5.74, 6) is -2.17. The molecule has 4 atom stereocenters. The van der Waals surface area contributed by atoms with Gasteiger partial charge in [-0.2, -0.15) is 0 Å². The SMILES string of the molecule is COc1ccnc(C(=O)N[C@H]2COC[C@H](Cc3ccc(Cl)cc3Cl)[C@@H](OCC(C)C)[C@H](C)OC2=O)c1OC(C)=O. The molecule has 1 fully saturated rings. The zero-order valence-corrected chi connectivity index (χ0v) is 24.6. The van der Waals surface area contributed by atoms with Gasteiger partial charge in [0.25, 0.3) is 5.91 Å². The van der Waals surface area contributed by atoms with Gasteiger partial charge in [0.1, 0.15) is 6.10 Å². The standard InChI is InChI=1S/C28H34Cl2N2O8/c1-15(2)12-38-25-16(3)39-28(35)22(14-37-13-19(25)10-18-6-7-20(29)11-21(18)30)32-27(34)24-26(40-17(4)33)23(36-5)8-9-31-24/h6-9,11,15-16,19,22,25H,10,12-14H2,1-5H3,(H,32,34)/t16-,19-,22-,25-/m0/s1. The minimum Gasteiger partial charge on any atom is -0.493 e. The zero-order valence-electron chi connectivity index (χ0n) is 23.1. The Hall–Kier alpha value is -2.92. The largest absolute Gasteiger partial charge is 0.493 e. The molecule has 1 N–H and O–H groups in total. The number of hydrogen-bond acceptors (Lipinski definition) is 9. The normalized spacial score (nSPS) is 21.6. The topological polar surface area (TPSA) is 122 Å². The third-order valence-electron chi connectivity index (χ3n) is 6.10. The predicted octanol–water partition coefficient (Wildman–Crippen LogP) is 4.28. The smallest absolute Gasteiger partial charge is 0.331 e. The Bertz CT molecular complexity index is 1210. The van der Waals surface area contributed by atoms with E-state index in [-0.39, 0.29) is 42.2 Å². The van der Waals surface area contributed by atoms with Gasteiger partial charge in [-0.15, -0.1) is 0 Å². The second kappa shape index (κ2) is 14.6. The van der Waals surface area contributed by atoms with Crippen LogP contribution in [-0.4, -0.2) is 68.0 Å². The first-order valence-corrected chi connectivity index (χ1v) is 13.6. The van der Waals surface area contributed by atoms with Crippen LogP contribution in [0.1, 0.15) is 43.7 Å². The number of cyclic esters (lactones) is 1. The van der Waals surface area contributed by atoms with Crippen LogP contribution >= 0.6 is 23.2 Å². The fraction of sp³-hybridized carbons (Fsp3) is 0.500. The number of amides is 1. The minimum absolute atomic E-state index is 0.131. The molecule has 12 heteroatoms. The van der Waals surface area contributed by atoms with E-state index in [0.717, 1.165) is 5.56 Å². The lowest BCUT2D eigenvalue weighted by molar-refractivity contribution is -0.161. The van der Waals surface area contributed by atoms with Crippen LogP contribution in [0, 0.1) is 11.8 Å². The molecule has 2 heterocycles. The summed E-state index contributed by atoms with van der Waals surface area (Å²) in [7, 11) is 1.36. The number of rotatable bonds is 9. The summed E-state index contributed by atoms with van der Waals surface area (Å²) in [5, 5.41) is 3.62. The first-order valence-electron chi connectivity index (χ1n) is 12.9. The Labute approximate surface area is 243 Å². The summed E-state index contributed by atoms with van der Waals surface area (Å²) in [5.41, 5.74) is 0.617. The fourth-order valence-corrected chi connectivity index (χ4v) is 4.74. The van der Waals surface area contributed by atoms with Gasteiger partial charge in [-0.05, 0) is 37.0 Å². The number of benzene rings is 1. The van der Waals surface area contributed by atoms with Gasteiger partial charge < -0.3 is 29.0 Å². The van der Waals surface area contributed by atoms with Crippen LogP contribution in [0.2, 0.25) is 10.0 Å². The number of nitrogens with zero attached hydrogens (tertiary/aromatic N) is 1. The molecule has 218 valence electrons. The number of carbonyl (C=O) groups is 3. The Kier molecular flexibility index (Phi) is 11.6. The van der Waals surface area contributed by atoms with Crippen molar-refractivity contribution in [2.75, 3.05) is 26.9 Å². The fourth-order valence-electron chi connectivity index (χ4n) is 4.26. The lowest BCUT2D eigenvalue weighted by Gasteiger charge is -2.31. The van der Waals surface area contributed by atoms with E-state index >= 15 is 0 Å². The quantitative estimate of drug-likeness (QED) is 0.422. The number of hydrogen-bond donors (Lipinski definition) is 1. The summed E-state index contributed by atoms with van der Waals surface area (Å²) in [6.07, 6.45) is 0.624. The number of nitrogens with one attached hydrogen (secondary N) is 1. The van der Waals surface area contributed by atoms with Crippen LogP contribution in [0.15, 0.2) is 30.5 Å². The molecule has 0 aliphatic carbocycles. The first kappa shape index (κ1) is 31.6. The summed E-state index contributed by atoms with van der Waals surface area (Å²) in [6, 6.07) is 5.55. The lowest BCUT2D eigenvalue weighted by atomic mass is 9.91. The van der Waals surface area contributed by atoms with Crippen molar-refractivity contribution in [3.63, 3.8) is 0 Å². The van der Waals surface area contributed by atoms with Crippen LogP contribution < -0.4 is 14.8 Å². The third kappa shape index (κ3) is 8.54. The maximum atomic E-state index is 13.2. The Morgan fingerprint density at radius 3 is 2.60 bits per heavy atom. The average Bonchev–Trinajstić information content (AvgIpc) is 2.93. The van der Waals surface area contributed by atoms with Gasteiger partial charge in [0, 0.05) is 41.8 Å². The van der Waals surface area contributed by atoms with Crippen LogP contribution in [0.3, 0.4) is 0 Å². The summed E-state index contributed by atoms with van der Waals surface area (Å²) < 4.78 is 28.3. The number of pyridine rings is 1. The van der Waals surface area contributed by atoms with Crippen molar-refractivity contribution in [1.82, 2.24) is 10.3 Å². The lowest BCUT2D eigenvalue weighted by Crippen LogP contribution is -2.46. The highest BCUT2D eigenvalue weighted by Crippen LogP contribution is 2.30. The molecule has 1 aromatic heterocycles. The number of ether oxygens (including phenoxy) is 5. The van der Waals surface area contributed by atoms with E-state index in [9.17, 15) is 14.4 Å². The maximum Gasteiger partial charge on any atom is 0.331 e. The molecule has 0 saturated carbocycles. The molecule has 2 aromatic rings. The van der Waals surface area contributed by atoms with Crippen molar-refractivity contribution in [2.24, 2.45) is 11.8 Å². The van der Waals surface area contributed by atoms with E-state index in [1.807, 2.05) is 19.9 Å². The van der Waals surface area contributed by atoms with Crippen molar-refractivity contribution in [1.29, 1.82) is 0 Å². The Morgan fingerprint density at radius 2 is 1.95 bits per heavy atom. The van der Waals surface area contributed by atoms with E-state index in [0.29, 0.717) is 23.1 Å². The number of methoxy groups -OCH3 is 1. The highest BCUT2D eigenvalue weighted by atomic mass is 35.5. The number of esters is 2. The molecule has 0 unspecified atom stereocenters. The minimum atomic E-state index is -1.17. The van der Waals surface area contributed by atoms with Crippen molar-refractivity contribution in [3.05, 3.63) is 51.8 Å². The summed E-state index contributed by atoms with van der Waals surface area (Å²) in [6.45, 7) is 7.44. The second-order valence-corrected chi connectivity index (χ2v) is 10.7. The van der Waals surface area contributed by atoms with Crippen molar-refractivity contribution in [2.45, 2.75) is 52.4 Å². The van der Waals surface area contributed by atoms with Crippen LogP contribution in [0.5, 0.6) is 11.5 Å². The van der Waals surface area contributed by atoms with Crippen LogP contribution in [0.4, 0.5) is 0 Å². The molecular weight excluding hydrogens is 563 g/mol. The van der Waals surface area contributed by atoms with E-state index in [2.05, 4.69) is 10.3 Å². The number of carbonyl (C=O) groups excluding carboxylic acids is 3. The molecule has 0 spiro atoms. The van der Waals surface area contributed by atoms with Gasteiger partial charge in [0.05, 0.1) is 26.4 Å². The van der Waals surface area contributed by atoms with Crippen LogP contribution in [-0.2, 0) is 30.2 Å². The van der Waals surface area contributed by atoms with Gasteiger partial charge in [0.2, 0.25) is 5.75 Å². The summed E-state index contributed by atoms with van der Waals surface area (Å²) in [4.78, 5) is 42.0. The van der Waals surface area contributed by atoms with Gasteiger partial charge >= 0.3 is 11.9 Å². The van der Waals surface area contributed by atoms with Gasteiger partial charge in [-0.1, -0.05) is 43.1 Å². The van der Waals surface area contributed by atoms with E-state index < -0.39 is 36.1 Å². The highest BCUT2D eigenvalue weighted by Gasteiger charge is 2.36. The van der Waals surface area contributed by atoms with E-state index in [1.165, 1.54) is 26.3 Å². The van der Waals surface area contributed by atoms with Gasteiger partial charge in [0.15, 0.2) is 17.5 Å². The molecule has 1 saturated heterocycles. The molecule has 1 aromatic carbocycles. The number of halogens is 2. The van der Waals surface area contributed by atoms with Gasteiger partial charge in [-0.25, -0.2) is 9.78 Å². The Morgan fingerprint density at radius 1 is 1.20 bits per heavy atom.